The van der Waals surface area contributed by atoms with Crippen molar-refractivity contribution in [2.24, 2.45) is 0 Å². The lowest BCUT2D eigenvalue weighted by Gasteiger charge is -2.23. The molecule has 0 saturated heterocycles. The molecule has 0 spiro atoms. The van der Waals surface area contributed by atoms with Gasteiger partial charge in [0.25, 0.3) is 0 Å². The number of hydrogen-bond acceptors (Lipinski definition) is 2. The van der Waals surface area contributed by atoms with E-state index in [0.717, 1.165) is 24.3 Å². The summed E-state index contributed by atoms with van der Waals surface area (Å²) < 4.78 is 231. The largest absolute Gasteiger partial charge is 0.633 e. The molecule has 6 aromatic carbocycles. The molecule has 0 saturated carbocycles. The Labute approximate surface area is 280 Å². The lowest BCUT2D eigenvalue weighted by atomic mass is 9.73. The third kappa shape index (κ3) is 5.90. The minimum atomic E-state index is -2.84. The van der Waals surface area contributed by atoms with E-state index in [-0.39, 0.29) is 12.1 Å². The number of benzene rings is 6. The molecule has 52 heavy (non-hydrogen) atoms. The SMILES string of the molecule is Fc1cc(F)c(F)c(-c2ccccc2B(Oc2c(F)c(F)c(F)c(F)c2-c2c(F)c(F)c(F)c(F)c2F)Oc2ccc(F)c3c(F)cc(F)cc23)c1. The number of halogens is 15. The Morgan fingerprint density at radius 3 is 1.60 bits per heavy atom. The first-order valence-electron chi connectivity index (χ1n) is 14.1. The van der Waals surface area contributed by atoms with Crippen LogP contribution >= 0.6 is 0 Å². The zero-order chi connectivity index (χ0) is 37.9. The van der Waals surface area contributed by atoms with Crippen LogP contribution in [0.2, 0.25) is 0 Å². The maximum absolute atomic E-state index is 15.6. The van der Waals surface area contributed by atoms with Gasteiger partial charge in [-0.05, 0) is 29.8 Å². The van der Waals surface area contributed by atoms with E-state index in [0.29, 0.717) is 24.3 Å². The molecule has 0 aromatic heterocycles. The fourth-order valence-corrected chi connectivity index (χ4v) is 5.28. The molecule has 0 radical (unpaired) electrons. The van der Waals surface area contributed by atoms with Gasteiger partial charge < -0.3 is 9.31 Å². The van der Waals surface area contributed by atoms with Crippen molar-refractivity contribution >= 4 is 23.4 Å². The van der Waals surface area contributed by atoms with Crippen molar-refractivity contribution in [3.8, 4) is 33.8 Å². The van der Waals surface area contributed by atoms with Crippen molar-refractivity contribution in [1.82, 2.24) is 0 Å². The Bertz CT molecular complexity index is 2430. The van der Waals surface area contributed by atoms with Gasteiger partial charge >= 0.3 is 7.12 Å². The summed E-state index contributed by atoms with van der Waals surface area (Å²) in [5.41, 5.74) is -7.02. The molecule has 0 amide bonds. The molecule has 2 nitrogen and oxygen atoms in total. The van der Waals surface area contributed by atoms with Crippen molar-refractivity contribution in [2.75, 3.05) is 0 Å². The Kier molecular flexibility index (Phi) is 9.27. The molecule has 18 heteroatoms. The van der Waals surface area contributed by atoms with Crippen LogP contribution in [0.4, 0.5) is 65.9 Å². The van der Waals surface area contributed by atoms with Crippen molar-refractivity contribution in [2.45, 2.75) is 0 Å². The third-order valence-corrected chi connectivity index (χ3v) is 7.58. The number of rotatable bonds is 7. The van der Waals surface area contributed by atoms with E-state index in [9.17, 15) is 52.7 Å². The van der Waals surface area contributed by atoms with Crippen LogP contribution in [0.25, 0.3) is 33.0 Å². The van der Waals surface area contributed by atoms with Crippen molar-refractivity contribution in [1.29, 1.82) is 0 Å². The van der Waals surface area contributed by atoms with E-state index in [2.05, 4.69) is 0 Å². The first-order valence-corrected chi connectivity index (χ1v) is 14.1. The summed E-state index contributed by atoms with van der Waals surface area (Å²) in [6, 6.07) is 6.36. The van der Waals surface area contributed by atoms with Crippen LogP contribution in [0, 0.1) is 87.3 Å². The molecule has 0 aliphatic carbocycles. The molecule has 6 rings (SSSR count). The molecule has 6 aromatic rings. The monoisotopic (exact) mass is 746 g/mol. The topological polar surface area (TPSA) is 18.5 Å². The fraction of sp³-hybridized carbons (Fsp3) is 0. The standard InChI is InChI=1S/C34H10BF15O2/c36-11-7-14(24(41)19(40)10-11)13-3-1-2-4-16(13)35(51-20-6-5-17(38)21-15(20)8-12(37)9-18(21)39)52-34-23(27(44)30(47)32(49)33(34)50)22-25(42)28(45)31(48)29(46)26(22)43/h1-10H. The maximum Gasteiger partial charge on any atom is 0.633 e. The highest BCUT2D eigenvalue weighted by Gasteiger charge is 2.39. The second-order valence-corrected chi connectivity index (χ2v) is 10.7. The lowest BCUT2D eigenvalue weighted by Crippen LogP contribution is -2.44. The molecule has 0 unspecified atom stereocenters. The third-order valence-electron chi connectivity index (χ3n) is 7.58. The molecule has 0 heterocycles. The van der Waals surface area contributed by atoms with E-state index >= 15 is 13.2 Å². The van der Waals surface area contributed by atoms with Gasteiger partial charge in [-0.3, -0.25) is 0 Å². The van der Waals surface area contributed by atoms with Crippen molar-refractivity contribution in [3.05, 3.63) is 148 Å². The summed E-state index contributed by atoms with van der Waals surface area (Å²) in [4.78, 5) is 0. The molecule has 0 atom stereocenters. The quantitative estimate of drug-likeness (QED) is 0.0701. The highest BCUT2D eigenvalue weighted by molar-refractivity contribution is 6.64. The van der Waals surface area contributed by atoms with Gasteiger partial charge in [-0.25, -0.2) is 61.5 Å². The first kappa shape index (κ1) is 36.0. The van der Waals surface area contributed by atoms with Crippen LogP contribution < -0.4 is 14.8 Å². The Morgan fingerprint density at radius 2 is 0.942 bits per heavy atom. The van der Waals surface area contributed by atoms with Gasteiger partial charge in [0.2, 0.25) is 17.5 Å². The van der Waals surface area contributed by atoms with Crippen LogP contribution in [0.15, 0.2) is 60.7 Å². The van der Waals surface area contributed by atoms with Gasteiger partial charge in [0.15, 0.2) is 52.3 Å². The normalized spacial score (nSPS) is 11.4. The Hall–Kier alpha value is -5.81. The Morgan fingerprint density at radius 1 is 0.404 bits per heavy atom. The van der Waals surface area contributed by atoms with Crippen LogP contribution in [-0.2, 0) is 0 Å². The summed E-state index contributed by atoms with van der Waals surface area (Å²) in [6.45, 7) is 0. The average molecular weight is 746 g/mol. The van der Waals surface area contributed by atoms with Gasteiger partial charge in [0, 0.05) is 28.5 Å². The summed E-state index contributed by atoms with van der Waals surface area (Å²) in [5.74, 6) is -37.3. The molecular formula is C34H10BF15O2. The lowest BCUT2D eigenvalue weighted by molar-refractivity contribution is 0.367. The minimum Gasteiger partial charge on any atom is -0.521 e. The van der Waals surface area contributed by atoms with Crippen molar-refractivity contribution in [3.63, 3.8) is 0 Å². The van der Waals surface area contributed by atoms with Crippen LogP contribution in [-0.4, -0.2) is 7.12 Å². The maximum atomic E-state index is 15.6. The van der Waals surface area contributed by atoms with E-state index in [4.69, 9.17) is 9.31 Å². The highest BCUT2D eigenvalue weighted by atomic mass is 19.2. The summed E-state index contributed by atoms with van der Waals surface area (Å²) >= 11 is 0. The van der Waals surface area contributed by atoms with Gasteiger partial charge in [0.1, 0.15) is 29.0 Å². The molecule has 0 N–H and O–H groups in total. The smallest absolute Gasteiger partial charge is 0.521 e. The van der Waals surface area contributed by atoms with Crippen LogP contribution in [0.1, 0.15) is 0 Å². The fourth-order valence-electron chi connectivity index (χ4n) is 5.28. The summed E-state index contributed by atoms with van der Waals surface area (Å²) in [7, 11) is -2.72. The van der Waals surface area contributed by atoms with Crippen molar-refractivity contribution < 1.29 is 75.2 Å². The predicted molar refractivity (Wildman–Crippen MR) is 154 cm³/mol. The average Bonchev–Trinajstić information content (AvgIpc) is 3.11. The second-order valence-electron chi connectivity index (χ2n) is 10.7. The summed E-state index contributed by atoms with van der Waals surface area (Å²) in [5, 5.41) is -1.74. The van der Waals surface area contributed by atoms with E-state index < -0.39 is 144 Å². The van der Waals surface area contributed by atoms with Gasteiger partial charge in [-0.1, -0.05) is 24.3 Å². The molecule has 0 fully saturated rings. The first-order chi connectivity index (χ1) is 24.5. The Balaban J connectivity index is 1.68. The molecule has 0 aliphatic heterocycles. The van der Waals surface area contributed by atoms with E-state index in [1.54, 1.807) is 0 Å². The van der Waals surface area contributed by atoms with Gasteiger partial charge in [-0.2, -0.15) is 4.39 Å². The highest BCUT2D eigenvalue weighted by Crippen LogP contribution is 2.43. The van der Waals surface area contributed by atoms with Gasteiger partial charge in [0.05, 0.1) is 16.5 Å². The molecule has 0 bridgehead atoms. The van der Waals surface area contributed by atoms with Gasteiger partial charge in [-0.15, -0.1) is 0 Å². The van der Waals surface area contributed by atoms with Crippen LogP contribution in [0.3, 0.4) is 0 Å². The number of hydrogen-bond donors (Lipinski definition) is 0. The molecule has 0 aliphatic rings. The van der Waals surface area contributed by atoms with E-state index in [1.165, 1.54) is 0 Å². The molecular weight excluding hydrogens is 736 g/mol. The second kappa shape index (κ2) is 13.4. The number of fused-ring (bicyclic) bond motifs is 1. The van der Waals surface area contributed by atoms with Crippen LogP contribution in [0.5, 0.6) is 11.5 Å². The zero-order valence-electron chi connectivity index (χ0n) is 24.8. The minimum absolute atomic E-state index is 0.120. The predicted octanol–water partition coefficient (Wildman–Crippen LogP) is 10.1. The summed E-state index contributed by atoms with van der Waals surface area (Å²) in [6.07, 6.45) is 0. The van der Waals surface area contributed by atoms with E-state index in [1.807, 2.05) is 0 Å². The zero-order valence-corrected chi connectivity index (χ0v) is 24.8. The molecule has 266 valence electrons.